The Bertz CT molecular complexity index is 368. The Balaban J connectivity index is 2.70. The second kappa shape index (κ2) is 5.89. The van der Waals surface area contributed by atoms with Crippen LogP contribution >= 0.6 is 15.9 Å². The molecule has 0 fully saturated rings. The predicted octanol–water partition coefficient (Wildman–Crippen LogP) is 2.89. The molecule has 1 rings (SSSR count). The van der Waals surface area contributed by atoms with Gasteiger partial charge in [0.25, 0.3) is 0 Å². The summed E-state index contributed by atoms with van der Waals surface area (Å²) < 4.78 is 1.07. The number of amides is 2. The van der Waals surface area contributed by atoms with Crippen LogP contribution < -0.4 is 10.6 Å². The SMILES string of the molecule is CCNC(=O)NCc1c(C)cc(Br)cc1C. The summed E-state index contributed by atoms with van der Waals surface area (Å²) in [7, 11) is 0. The fraction of sp³-hybridized carbons (Fsp3) is 0.417. The van der Waals surface area contributed by atoms with Crippen LogP contribution in [-0.2, 0) is 6.54 Å². The van der Waals surface area contributed by atoms with Crippen molar-refractivity contribution in [2.24, 2.45) is 0 Å². The molecule has 1 aromatic carbocycles. The Hall–Kier alpha value is -1.03. The molecule has 0 heterocycles. The number of nitrogens with one attached hydrogen (secondary N) is 2. The van der Waals surface area contributed by atoms with Crippen molar-refractivity contribution in [1.29, 1.82) is 0 Å². The van der Waals surface area contributed by atoms with Gasteiger partial charge in [-0.05, 0) is 49.6 Å². The first-order chi connectivity index (χ1) is 7.54. The molecule has 16 heavy (non-hydrogen) atoms. The minimum Gasteiger partial charge on any atom is -0.338 e. The van der Waals surface area contributed by atoms with Gasteiger partial charge in [0.05, 0.1) is 0 Å². The van der Waals surface area contributed by atoms with Gasteiger partial charge in [0.2, 0.25) is 0 Å². The highest BCUT2D eigenvalue weighted by atomic mass is 79.9. The number of aryl methyl sites for hydroxylation is 2. The molecule has 0 aliphatic rings. The highest BCUT2D eigenvalue weighted by Gasteiger charge is 2.05. The first kappa shape index (κ1) is 13.0. The molecule has 0 aliphatic heterocycles. The Labute approximate surface area is 105 Å². The van der Waals surface area contributed by atoms with E-state index >= 15 is 0 Å². The number of halogens is 1. The third-order valence-corrected chi connectivity index (χ3v) is 2.88. The minimum absolute atomic E-state index is 0.121. The van der Waals surface area contributed by atoms with Gasteiger partial charge in [0.15, 0.2) is 0 Å². The van der Waals surface area contributed by atoms with E-state index < -0.39 is 0 Å². The topological polar surface area (TPSA) is 41.1 Å². The maximum absolute atomic E-state index is 11.3. The second-order valence-corrected chi connectivity index (χ2v) is 4.65. The summed E-state index contributed by atoms with van der Waals surface area (Å²) in [6, 6.07) is 3.99. The Morgan fingerprint density at radius 1 is 1.25 bits per heavy atom. The van der Waals surface area contributed by atoms with E-state index in [1.807, 2.05) is 20.8 Å². The highest BCUT2D eigenvalue weighted by molar-refractivity contribution is 9.10. The Kier molecular flexibility index (Phi) is 4.80. The number of urea groups is 1. The standard InChI is InChI=1S/C12H17BrN2O/c1-4-14-12(16)15-7-11-8(2)5-10(13)6-9(11)3/h5-6H,4,7H2,1-3H3,(H2,14,15,16). The molecule has 0 radical (unpaired) electrons. The van der Waals surface area contributed by atoms with E-state index in [-0.39, 0.29) is 6.03 Å². The van der Waals surface area contributed by atoms with E-state index in [0.717, 1.165) is 4.47 Å². The van der Waals surface area contributed by atoms with Gasteiger partial charge in [-0.3, -0.25) is 0 Å². The smallest absolute Gasteiger partial charge is 0.315 e. The lowest BCUT2D eigenvalue weighted by Crippen LogP contribution is -2.35. The fourth-order valence-electron chi connectivity index (χ4n) is 1.61. The van der Waals surface area contributed by atoms with E-state index in [1.54, 1.807) is 0 Å². The van der Waals surface area contributed by atoms with Gasteiger partial charge in [-0.2, -0.15) is 0 Å². The third kappa shape index (κ3) is 3.52. The van der Waals surface area contributed by atoms with Gasteiger partial charge in [-0.25, -0.2) is 4.79 Å². The highest BCUT2D eigenvalue weighted by Crippen LogP contribution is 2.20. The van der Waals surface area contributed by atoms with Crippen LogP contribution in [0.4, 0.5) is 4.79 Å². The van der Waals surface area contributed by atoms with E-state index in [9.17, 15) is 4.79 Å². The lowest BCUT2D eigenvalue weighted by atomic mass is 10.0. The molecule has 0 unspecified atom stereocenters. The van der Waals surface area contributed by atoms with Crippen LogP contribution in [0, 0.1) is 13.8 Å². The molecule has 0 saturated carbocycles. The fourth-order valence-corrected chi connectivity index (χ4v) is 2.30. The second-order valence-electron chi connectivity index (χ2n) is 3.73. The summed E-state index contributed by atoms with van der Waals surface area (Å²) in [5, 5.41) is 5.54. The van der Waals surface area contributed by atoms with Crippen LogP contribution in [0.25, 0.3) is 0 Å². The van der Waals surface area contributed by atoms with E-state index in [1.165, 1.54) is 16.7 Å². The van der Waals surface area contributed by atoms with Crippen molar-refractivity contribution < 1.29 is 4.79 Å². The molecule has 4 heteroatoms. The zero-order valence-electron chi connectivity index (χ0n) is 9.86. The predicted molar refractivity (Wildman–Crippen MR) is 69.5 cm³/mol. The summed E-state index contributed by atoms with van der Waals surface area (Å²) in [5.41, 5.74) is 3.54. The molecule has 0 aliphatic carbocycles. The zero-order valence-corrected chi connectivity index (χ0v) is 11.4. The van der Waals surface area contributed by atoms with Crippen LogP contribution in [0.15, 0.2) is 16.6 Å². The summed E-state index contributed by atoms with van der Waals surface area (Å²) in [5.74, 6) is 0. The molecular formula is C12H17BrN2O. The summed E-state index contributed by atoms with van der Waals surface area (Å²) in [6.07, 6.45) is 0. The lowest BCUT2D eigenvalue weighted by Gasteiger charge is -2.12. The van der Waals surface area contributed by atoms with Crippen molar-refractivity contribution in [1.82, 2.24) is 10.6 Å². The van der Waals surface area contributed by atoms with Gasteiger partial charge < -0.3 is 10.6 Å². The molecular weight excluding hydrogens is 268 g/mol. The summed E-state index contributed by atoms with van der Waals surface area (Å²) >= 11 is 3.45. The number of carbonyl (C=O) groups is 1. The van der Waals surface area contributed by atoms with Crippen molar-refractivity contribution in [3.63, 3.8) is 0 Å². The maximum atomic E-state index is 11.3. The van der Waals surface area contributed by atoms with E-state index in [0.29, 0.717) is 13.1 Å². The van der Waals surface area contributed by atoms with E-state index in [2.05, 4.69) is 38.7 Å². The minimum atomic E-state index is -0.121. The van der Waals surface area contributed by atoms with Crippen molar-refractivity contribution in [3.8, 4) is 0 Å². The number of carbonyl (C=O) groups excluding carboxylic acids is 1. The van der Waals surface area contributed by atoms with Gasteiger partial charge >= 0.3 is 6.03 Å². The average molecular weight is 285 g/mol. The maximum Gasteiger partial charge on any atom is 0.315 e. The lowest BCUT2D eigenvalue weighted by molar-refractivity contribution is 0.241. The van der Waals surface area contributed by atoms with Gasteiger partial charge in [0.1, 0.15) is 0 Å². The molecule has 3 nitrogen and oxygen atoms in total. The zero-order chi connectivity index (χ0) is 12.1. The Morgan fingerprint density at radius 3 is 2.31 bits per heavy atom. The van der Waals surface area contributed by atoms with Crippen LogP contribution in [0.5, 0.6) is 0 Å². The average Bonchev–Trinajstić information content (AvgIpc) is 2.16. The molecule has 0 saturated heterocycles. The largest absolute Gasteiger partial charge is 0.338 e. The summed E-state index contributed by atoms with van der Waals surface area (Å²) in [4.78, 5) is 11.3. The van der Waals surface area contributed by atoms with Crippen molar-refractivity contribution >= 4 is 22.0 Å². The van der Waals surface area contributed by atoms with E-state index in [4.69, 9.17) is 0 Å². The number of hydrogen-bond acceptors (Lipinski definition) is 1. The van der Waals surface area contributed by atoms with Gasteiger partial charge in [-0.1, -0.05) is 15.9 Å². The molecule has 0 atom stereocenters. The van der Waals surface area contributed by atoms with Crippen LogP contribution in [-0.4, -0.2) is 12.6 Å². The van der Waals surface area contributed by atoms with Crippen LogP contribution in [0.3, 0.4) is 0 Å². The number of benzene rings is 1. The van der Waals surface area contributed by atoms with Crippen molar-refractivity contribution in [3.05, 3.63) is 33.3 Å². The van der Waals surface area contributed by atoms with Crippen molar-refractivity contribution in [2.75, 3.05) is 6.54 Å². The number of hydrogen-bond donors (Lipinski definition) is 2. The van der Waals surface area contributed by atoms with Crippen LogP contribution in [0.1, 0.15) is 23.6 Å². The molecule has 88 valence electrons. The molecule has 0 bridgehead atoms. The molecule has 2 N–H and O–H groups in total. The first-order valence-electron chi connectivity index (χ1n) is 5.32. The Morgan fingerprint density at radius 2 is 1.81 bits per heavy atom. The monoisotopic (exact) mass is 284 g/mol. The first-order valence-corrected chi connectivity index (χ1v) is 6.11. The quantitative estimate of drug-likeness (QED) is 0.881. The van der Waals surface area contributed by atoms with Crippen molar-refractivity contribution in [2.45, 2.75) is 27.3 Å². The molecule has 1 aromatic rings. The molecule has 0 aromatic heterocycles. The normalized spacial score (nSPS) is 10.0. The summed E-state index contributed by atoms with van der Waals surface area (Å²) in [6.45, 7) is 7.20. The molecule has 0 spiro atoms. The molecule has 2 amide bonds. The third-order valence-electron chi connectivity index (χ3n) is 2.42. The van der Waals surface area contributed by atoms with Crippen LogP contribution in [0.2, 0.25) is 0 Å². The van der Waals surface area contributed by atoms with Gasteiger partial charge in [-0.15, -0.1) is 0 Å². The number of rotatable bonds is 3. The van der Waals surface area contributed by atoms with Gasteiger partial charge in [0, 0.05) is 17.6 Å².